The van der Waals surface area contributed by atoms with Gasteiger partial charge >= 0.3 is 0 Å². The minimum Gasteiger partial charge on any atom is -0.497 e. The van der Waals surface area contributed by atoms with Crippen LogP contribution in [0.1, 0.15) is 34.5 Å². The standard InChI is InChI=1S/C31H32N2O2/c1-23-29(31(34)32-19-17-25(18-20-32)21-24-9-5-3-6-10-24)22-30(26-13-15-28(35-2)16-14-26)33(23)27-11-7-4-8-12-27/h3-16,22,25H,17-21H2,1-2H3. The molecule has 0 atom stereocenters. The minimum absolute atomic E-state index is 0.130. The van der Waals surface area contributed by atoms with Gasteiger partial charge in [-0.25, -0.2) is 0 Å². The number of benzene rings is 3. The van der Waals surface area contributed by atoms with E-state index in [9.17, 15) is 4.79 Å². The fourth-order valence-electron chi connectivity index (χ4n) is 5.17. The largest absolute Gasteiger partial charge is 0.497 e. The van der Waals surface area contributed by atoms with Gasteiger partial charge in [0.2, 0.25) is 0 Å². The fourth-order valence-corrected chi connectivity index (χ4v) is 5.17. The Morgan fingerprint density at radius 1 is 0.886 bits per heavy atom. The van der Waals surface area contributed by atoms with E-state index in [0.717, 1.165) is 66.3 Å². The Kier molecular flexibility index (Phi) is 6.71. The van der Waals surface area contributed by atoms with Crippen LogP contribution in [0.2, 0.25) is 0 Å². The summed E-state index contributed by atoms with van der Waals surface area (Å²) >= 11 is 0. The van der Waals surface area contributed by atoms with Crippen molar-refractivity contribution in [3.63, 3.8) is 0 Å². The van der Waals surface area contributed by atoms with Crippen LogP contribution in [0.3, 0.4) is 0 Å². The number of methoxy groups -OCH3 is 1. The van der Waals surface area contributed by atoms with Gasteiger partial charge in [-0.15, -0.1) is 0 Å². The van der Waals surface area contributed by atoms with Gasteiger partial charge in [-0.05, 0) is 85.7 Å². The van der Waals surface area contributed by atoms with E-state index in [4.69, 9.17) is 4.74 Å². The maximum absolute atomic E-state index is 13.7. The number of nitrogens with zero attached hydrogens (tertiary/aromatic N) is 2. The highest BCUT2D eigenvalue weighted by Crippen LogP contribution is 2.32. The number of piperidine rings is 1. The van der Waals surface area contributed by atoms with Crippen LogP contribution >= 0.6 is 0 Å². The molecule has 1 amide bonds. The van der Waals surface area contributed by atoms with Crippen molar-refractivity contribution in [1.29, 1.82) is 0 Å². The highest BCUT2D eigenvalue weighted by molar-refractivity contribution is 5.97. The Hall–Kier alpha value is -3.79. The van der Waals surface area contributed by atoms with Gasteiger partial charge in [0.25, 0.3) is 5.91 Å². The van der Waals surface area contributed by atoms with Crippen molar-refractivity contribution < 1.29 is 9.53 Å². The number of hydrogen-bond donors (Lipinski definition) is 0. The van der Waals surface area contributed by atoms with Gasteiger partial charge < -0.3 is 14.2 Å². The van der Waals surface area contributed by atoms with Gasteiger partial charge in [0.15, 0.2) is 0 Å². The molecule has 4 heteroatoms. The van der Waals surface area contributed by atoms with Gasteiger partial charge in [-0.3, -0.25) is 4.79 Å². The van der Waals surface area contributed by atoms with Gasteiger partial charge in [-0.2, -0.15) is 0 Å². The number of aromatic nitrogens is 1. The zero-order chi connectivity index (χ0) is 24.2. The van der Waals surface area contributed by atoms with Gasteiger partial charge in [0, 0.05) is 24.5 Å². The zero-order valence-electron chi connectivity index (χ0n) is 20.5. The van der Waals surface area contributed by atoms with E-state index in [-0.39, 0.29) is 5.91 Å². The zero-order valence-corrected chi connectivity index (χ0v) is 20.5. The van der Waals surface area contributed by atoms with E-state index >= 15 is 0 Å². The Morgan fingerprint density at radius 3 is 2.14 bits per heavy atom. The number of carbonyl (C=O) groups is 1. The molecular formula is C31H32N2O2. The third-order valence-electron chi connectivity index (χ3n) is 7.15. The smallest absolute Gasteiger partial charge is 0.255 e. The summed E-state index contributed by atoms with van der Waals surface area (Å²) in [7, 11) is 1.67. The molecular weight excluding hydrogens is 432 g/mol. The Labute approximate surface area is 207 Å². The predicted octanol–water partition coefficient (Wildman–Crippen LogP) is 6.56. The number of para-hydroxylation sites is 1. The van der Waals surface area contributed by atoms with E-state index < -0.39 is 0 Å². The van der Waals surface area contributed by atoms with Crippen molar-refractivity contribution in [2.24, 2.45) is 5.92 Å². The summed E-state index contributed by atoms with van der Waals surface area (Å²) < 4.78 is 7.54. The second-order valence-corrected chi connectivity index (χ2v) is 9.35. The lowest BCUT2D eigenvalue weighted by atomic mass is 9.90. The maximum atomic E-state index is 13.7. The third-order valence-corrected chi connectivity index (χ3v) is 7.15. The van der Waals surface area contributed by atoms with Crippen molar-refractivity contribution >= 4 is 5.91 Å². The van der Waals surface area contributed by atoms with Crippen LogP contribution in [0.5, 0.6) is 5.75 Å². The van der Waals surface area contributed by atoms with Crippen LogP contribution in [-0.4, -0.2) is 35.6 Å². The highest BCUT2D eigenvalue weighted by Gasteiger charge is 2.27. The van der Waals surface area contributed by atoms with E-state index in [1.54, 1.807) is 7.11 Å². The molecule has 0 spiro atoms. The summed E-state index contributed by atoms with van der Waals surface area (Å²) in [4.78, 5) is 15.7. The molecule has 0 unspecified atom stereocenters. The van der Waals surface area contributed by atoms with Crippen LogP contribution in [0.15, 0.2) is 91.0 Å². The summed E-state index contributed by atoms with van der Waals surface area (Å²) in [6.45, 7) is 3.67. The Bertz CT molecular complexity index is 1270. The van der Waals surface area contributed by atoms with Crippen LogP contribution in [0, 0.1) is 12.8 Å². The number of amides is 1. The van der Waals surface area contributed by atoms with Crippen LogP contribution in [0.25, 0.3) is 16.9 Å². The average Bonchev–Trinajstić information content (AvgIpc) is 3.26. The quantitative estimate of drug-likeness (QED) is 0.324. The maximum Gasteiger partial charge on any atom is 0.255 e. The molecule has 178 valence electrons. The topological polar surface area (TPSA) is 34.5 Å². The number of likely N-dealkylation sites (tertiary alicyclic amines) is 1. The lowest BCUT2D eigenvalue weighted by Crippen LogP contribution is -2.39. The summed E-state index contributed by atoms with van der Waals surface area (Å²) in [6.07, 6.45) is 3.18. The van der Waals surface area contributed by atoms with Crippen LogP contribution < -0.4 is 4.74 Å². The normalized spacial score (nSPS) is 14.2. The molecule has 1 aliphatic heterocycles. The Morgan fingerprint density at radius 2 is 1.51 bits per heavy atom. The number of carbonyl (C=O) groups excluding carboxylic acids is 1. The summed E-state index contributed by atoms with van der Waals surface area (Å²) in [5.74, 6) is 1.58. The molecule has 35 heavy (non-hydrogen) atoms. The van der Waals surface area contributed by atoms with Gasteiger partial charge in [0.05, 0.1) is 18.4 Å². The monoisotopic (exact) mass is 464 g/mol. The molecule has 0 saturated carbocycles. The van der Waals surface area contributed by atoms with Gasteiger partial charge in [0.1, 0.15) is 5.75 Å². The summed E-state index contributed by atoms with van der Waals surface area (Å²) in [5, 5.41) is 0. The van der Waals surface area contributed by atoms with Crippen molar-refractivity contribution in [3.8, 4) is 22.7 Å². The van der Waals surface area contributed by atoms with Crippen molar-refractivity contribution in [1.82, 2.24) is 9.47 Å². The molecule has 3 aromatic carbocycles. The molecule has 0 radical (unpaired) electrons. The van der Waals surface area contributed by atoms with E-state index in [2.05, 4.69) is 72.2 Å². The summed E-state index contributed by atoms with van der Waals surface area (Å²) in [5.41, 5.74) is 6.25. The minimum atomic E-state index is 0.130. The molecule has 4 aromatic rings. The molecule has 0 bridgehead atoms. The van der Waals surface area contributed by atoms with Crippen LogP contribution in [0.4, 0.5) is 0 Å². The molecule has 2 heterocycles. The fraction of sp³-hybridized carbons (Fsp3) is 0.258. The van der Waals surface area contributed by atoms with E-state index in [1.165, 1.54) is 5.56 Å². The van der Waals surface area contributed by atoms with Crippen molar-refractivity contribution in [3.05, 3.63) is 108 Å². The number of ether oxygens (including phenoxy) is 1. The SMILES string of the molecule is COc1ccc(-c2cc(C(=O)N3CCC(Cc4ccccc4)CC3)c(C)n2-c2ccccc2)cc1. The first kappa shape index (κ1) is 23.0. The second kappa shape index (κ2) is 10.2. The van der Waals surface area contributed by atoms with Crippen molar-refractivity contribution in [2.45, 2.75) is 26.2 Å². The molecule has 1 fully saturated rings. The Balaban J connectivity index is 1.40. The lowest BCUT2D eigenvalue weighted by molar-refractivity contribution is 0.0690. The molecule has 0 aliphatic carbocycles. The predicted molar refractivity (Wildman–Crippen MR) is 141 cm³/mol. The molecule has 5 rings (SSSR count). The first-order chi connectivity index (χ1) is 17.1. The number of hydrogen-bond acceptors (Lipinski definition) is 2. The molecule has 1 saturated heterocycles. The van der Waals surface area contributed by atoms with E-state index in [0.29, 0.717) is 5.92 Å². The van der Waals surface area contributed by atoms with Crippen molar-refractivity contribution in [2.75, 3.05) is 20.2 Å². The average molecular weight is 465 g/mol. The molecule has 1 aliphatic rings. The molecule has 1 aromatic heterocycles. The molecule has 4 nitrogen and oxygen atoms in total. The lowest BCUT2D eigenvalue weighted by Gasteiger charge is -2.32. The molecule has 0 N–H and O–H groups in total. The van der Waals surface area contributed by atoms with E-state index in [1.807, 2.05) is 35.2 Å². The third kappa shape index (κ3) is 4.88. The number of rotatable bonds is 6. The van der Waals surface area contributed by atoms with Crippen LogP contribution in [-0.2, 0) is 6.42 Å². The highest BCUT2D eigenvalue weighted by atomic mass is 16.5. The first-order valence-electron chi connectivity index (χ1n) is 12.4. The second-order valence-electron chi connectivity index (χ2n) is 9.35. The van der Waals surface area contributed by atoms with Gasteiger partial charge in [-0.1, -0.05) is 48.5 Å². The summed E-state index contributed by atoms with van der Waals surface area (Å²) in [6, 6.07) is 31.0. The first-order valence-corrected chi connectivity index (χ1v) is 12.4.